The molecule has 1 aliphatic carbocycles. The summed E-state index contributed by atoms with van der Waals surface area (Å²) in [6, 6.07) is 5.56. The molecule has 2 unspecified atom stereocenters. The SMILES string of the molecule is CNC1CCCCC1Cc1cc(OC)cc([N+](=O)[O-])c1. The Labute approximate surface area is 119 Å². The fourth-order valence-corrected chi connectivity index (χ4v) is 3.12. The molecule has 5 heteroatoms. The minimum Gasteiger partial charge on any atom is -0.496 e. The maximum absolute atomic E-state index is 11.0. The predicted molar refractivity (Wildman–Crippen MR) is 78.2 cm³/mol. The van der Waals surface area contributed by atoms with Crippen molar-refractivity contribution < 1.29 is 9.66 Å². The first-order chi connectivity index (χ1) is 9.63. The third-order valence-corrected chi connectivity index (χ3v) is 4.18. The van der Waals surface area contributed by atoms with Gasteiger partial charge >= 0.3 is 0 Å². The first kappa shape index (κ1) is 14.8. The Kier molecular flexibility index (Phi) is 4.95. The van der Waals surface area contributed by atoms with E-state index < -0.39 is 0 Å². The van der Waals surface area contributed by atoms with Gasteiger partial charge in [-0.1, -0.05) is 12.8 Å². The number of nitro benzene ring substituents is 1. The summed E-state index contributed by atoms with van der Waals surface area (Å²) in [7, 11) is 3.54. The summed E-state index contributed by atoms with van der Waals surface area (Å²) in [5.41, 5.74) is 1.10. The molecule has 20 heavy (non-hydrogen) atoms. The average Bonchev–Trinajstić information content (AvgIpc) is 2.47. The number of rotatable bonds is 5. The van der Waals surface area contributed by atoms with Crippen LogP contribution in [0.15, 0.2) is 18.2 Å². The number of nitro groups is 1. The van der Waals surface area contributed by atoms with Crippen LogP contribution in [0.1, 0.15) is 31.2 Å². The molecule has 0 aromatic heterocycles. The lowest BCUT2D eigenvalue weighted by Gasteiger charge is -2.31. The van der Waals surface area contributed by atoms with Crippen molar-refractivity contribution in [2.45, 2.75) is 38.1 Å². The van der Waals surface area contributed by atoms with Gasteiger partial charge in [-0.05, 0) is 43.9 Å². The maximum atomic E-state index is 11.0. The second kappa shape index (κ2) is 6.70. The lowest BCUT2D eigenvalue weighted by Crippen LogP contribution is -2.37. The summed E-state index contributed by atoms with van der Waals surface area (Å²) in [4.78, 5) is 10.6. The molecule has 1 fully saturated rings. The lowest BCUT2D eigenvalue weighted by atomic mass is 9.81. The number of ether oxygens (including phenoxy) is 1. The smallest absolute Gasteiger partial charge is 0.273 e. The summed E-state index contributed by atoms with van der Waals surface area (Å²) in [6.45, 7) is 0. The fourth-order valence-electron chi connectivity index (χ4n) is 3.12. The molecule has 110 valence electrons. The highest BCUT2D eigenvalue weighted by Gasteiger charge is 2.24. The molecule has 2 atom stereocenters. The van der Waals surface area contributed by atoms with E-state index in [0.29, 0.717) is 17.7 Å². The number of hydrogen-bond acceptors (Lipinski definition) is 4. The van der Waals surface area contributed by atoms with Crippen LogP contribution < -0.4 is 10.1 Å². The molecular weight excluding hydrogens is 256 g/mol. The van der Waals surface area contributed by atoms with Crippen molar-refractivity contribution in [1.29, 1.82) is 0 Å². The first-order valence-electron chi connectivity index (χ1n) is 7.13. The molecule has 0 amide bonds. The number of benzene rings is 1. The van der Waals surface area contributed by atoms with Crippen molar-refractivity contribution in [3.8, 4) is 5.75 Å². The molecule has 1 saturated carbocycles. The summed E-state index contributed by atoms with van der Waals surface area (Å²) < 4.78 is 5.17. The molecular formula is C15H22N2O3. The largest absolute Gasteiger partial charge is 0.496 e. The second-order valence-corrected chi connectivity index (χ2v) is 5.44. The molecule has 0 spiro atoms. The summed E-state index contributed by atoms with van der Waals surface area (Å²) >= 11 is 0. The number of methoxy groups -OCH3 is 1. The van der Waals surface area contributed by atoms with Gasteiger partial charge in [0.25, 0.3) is 5.69 Å². The Hall–Kier alpha value is -1.62. The van der Waals surface area contributed by atoms with E-state index in [2.05, 4.69) is 5.32 Å². The van der Waals surface area contributed by atoms with E-state index in [9.17, 15) is 10.1 Å². The molecule has 5 nitrogen and oxygen atoms in total. The minimum absolute atomic E-state index is 0.108. The lowest BCUT2D eigenvalue weighted by molar-refractivity contribution is -0.385. The average molecular weight is 278 g/mol. The van der Waals surface area contributed by atoms with Crippen LogP contribution in [0.4, 0.5) is 5.69 Å². The van der Waals surface area contributed by atoms with Crippen LogP contribution in [-0.4, -0.2) is 25.1 Å². The Morgan fingerprint density at radius 3 is 2.75 bits per heavy atom. The van der Waals surface area contributed by atoms with Gasteiger partial charge in [0.1, 0.15) is 5.75 Å². The third-order valence-electron chi connectivity index (χ3n) is 4.18. The molecule has 0 aliphatic heterocycles. The standard InChI is InChI=1S/C15H22N2O3/c1-16-15-6-4-3-5-12(15)7-11-8-13(17(18)19)10-14(9-11)20-2/h8-10,12,15-16H,3-7H2,1-2H3. The number of hydrogen-bond donors (Lipinski definition) is 1. The molecule has 1 aliphatic rings. The van der Waals surface area contributed by atoms with Gasteiger partial charge in [-0.25, -0.2) is 0 Å². The molecule has 2 rings (SSSR count). The molecule has 1 aromatic rings. The number of nitrogens with one attached hydrogen (secondary N) is 1. The Morgan fingerprint density at radius 1 is 1.35 bits per heavy atom. The van der Waals surface area contributed by atoms with Crippen LogP contribution >= 0.6 is 0 Å². The van der Waals surface area contributed by atoms with Crippen LogP contribution in [-0.2, 0) is 6.42 Å². The van der Waals surface area contributed by atoms with Crippen molar-refractivity contribution in [3.05, 3.63) is 33.9 Å². The number of nitrogens with zero attached hydrogens (tertiary/aromatic N) is 1. The van der Waals surface area contributed by atoms with E-state index >= 15 is 0 Å². The van der Waals surface area contributed by atoms with Gasteiger partial charge in [0.15, 0.2) is 0 Å². The zero-order valence-electron chi connectivity index (χ0n) is 12.1. The van der Waals surface area contributed by atoms with E-state index in [0.717, 1.165) is 12.0 Å². The van der Waals surface area contributed by atoms with Crippen molar-refractivity contribution in [1.82, 2.24) is 5.32 Å². The molecule has 0 radical (unpaired) electrons. The zero-order chi connectivity index (χ0) is 14.5. The summed E-state index contributed by atoms with van der Waals surface area (Å²) in [5, 5.41) is 14.3. The van der Waals surface area contributed by atoms with Crippen LogP contribution in [0.3, 0.4) is 0 Å². The van der Waals surface area contributed by atoms with E-state index in [1.807, 2.05) is 13.1 Å². The topological polar surface area (TPSA) is 64.4 Å². The summed E-state index contributed by atoms with van der Waals surface area (Å²) in [5.74, 6) is 1.10. The van der Waals surface area contributed by atoms with Crippen molar-refractivity contribution in [3.63, 3.8) is 0 Å². The van der Waals surface area contributed by atoms with Crippen molar-refractivity contribution in [2.24, 2.45) is 5.92 Å². The first-order valence-corrected chi connectivity index (χ1v) is 7.13. The normalized spacial score (nSPS) is 22.5. The highest BCUT2D eigenvalue weighted by atomic mass is 16.6. The number of non-ortho nitro benzene ring substituents is 1. The third kappa shape index (κ3) is 3.48. The zero-order valence-corrected chi connectivity index (χ0v) is 12.1. The van der Waals surface area contributed by atoms with Gasteiger partial charge in [0.05, 0.1) is 18.1 Å². The maximum Gasteiger partial charge on any atom is 0.273 e. The molecule has 1 N–H and O–H groups in total. The van der Waals surface area contributed by atoms with Gasteiger partial charge in [0, 0.05) is 12.1 Å². The molecule has 0 heterocycles. The Balaban J connectivity index is 2.18. The quantitative estimate of drug-likeness (QED) is 0.664. The predicted octanol–water partition coefficient (Wildman–Crippen LogP) is 2.92. The Bertz CT molecular complexity index is 476. The van der Waals surface area contributed by atoms with E-state index in [-0.39, 0.29) is 10.6 Å². The fraction of sp³-hybridized carbons (Fsp3) is 0.600. The highest BCUT2D eigenvalue weighted by molar-refractivity contribution is 5.43. The van der Waals surface area contributed by atoms with E-state index in [1.165, 1.54) is 31.7 Å². The van der Waals surface area contributed by atoms with Gasteiger partial charge in [-0.3, -0.25) is 10.1 Å². The van der Waals surface area contributed by atoms with Crippen molar-refractivity contribution >= 4 is 5.69 Å². The van der Waals surface area contributed by atoms with E-state index in [1.54, 1.807) is 13.2 Å². The van der Waals surface area contributed by atoms with Crippen LogP contribution in [0.2, 0.25) is 0 Å². The molecule has 1 aromatic carbocycles. The van der Waals surface area contributed by atoms with Gasteiger partial charge in [0.2, 0.25) is 0 Å². The van der Waals surface area contributed by atoms with Gasteiger partial charge in [-0.15, -0.1) is 0 Å². The van der Waals surface area contributed by atoms with E-state index in [4.69, 9.17) is 4.74 Å². The molecule has 0 saturated heterocycles. The van der Waals surface area contributed by atoms with Gasteiger partial charge in [-0.2, -0.15) is 0 Å². The van der Waals surface area contributed by atoms with Crippen LogP contribution in [0.25, 0.3) is 0 Å². The monoisotopic (exact) mass is 278 g/mol. The van der Waals surface area contributed by atoms with Crippen molar-refractivity contribution in [2.75, 3.05) is 14.2 Å². The summed E-state index contributed by atoms with van der Waals surface area (Å²) in [6.07, 6.45) is 5.74. The van der Waals surface area contributed by atoms with Crippen LogP contribution in [0.5, 0.6) is 5.75 Å². The second-order valence-electron chi connectivity index (χ2n) is 5.44. The highest BCUT2D eigenvalue weighted by Crippen LogP contribution is 2.30. The Morgan fingerprint density at radius 2 is 2.10 bits per heavy atom. The molecule has 0 bridgehead atoms. The van der Waals surface area contributed by atoms with Crippen LogP contribution in [0, 0.1) is 16.0 Å². The van der Waals surface area contributed by atoms with Gasteiger partial charge < -0.3 is 10.1 Å². The minimum atomic E-state index is -0.359.